The van der Waals surface area contributed by atoms with Gasteiger partial charge in [0.2, 0.25) is 11.8 Å². The van der Waals surface area contributed by atoms with E-state index in [-0.39, 0.29) is 0 Å². The Morgan fingerprint density at radius 2 is 1.56 bits per heavy atom. The number of hydrogen-bond donors (Lipinski definition) is 1. The zero-order valence-electron chi connectivity index (χ0n) is 10.2. The van der Waals surface area contributed by atoms with Gasteiger partial charge in [0, 0.05) is 19.4 Å². The molecule has 1 rings (SSSR count). The molecule has 0 bridgehead atoms. The quantitative estimate of drug-likeness (QED) is 0.656. The van der Waals surface area contributed by atoms with Gasteiger partial charge in [0.1, 0.15) is 0 Å². The molecule has 1 heterocycles. The van der Waals surface area contributed by atoms with Gasteiger partial charge in [-0.3, -0.25) is 0 Å². The van der Waals surface area contributed by atoms with Crippen LogP contribution in [0.4, 0.5) is 0 Å². The van der Waals surface area contributed by atoms with E-state index in [1.54, 1.807) is 0 Å². The first-order chi connectivity index (χ1) is 7.86. The predicted molar refractivity (Wildman–Crippen MR) is 64.1 cm³/mol. The molecule has 0 aliphatic heterocycles. The van der Waals surface area contributed by atoms with Gasteiger partial charge in [-0.2, -0.15) is 0 Å². The monoisotopic (exact) mass is 225 g/mol. The molecule has 0 aliphatic rings. The van der Waals surface area contributed by atoms with E-state index in [2.05, 4.69) is 17.1 Å². The molecule has 4 heteroatoms. The number of unbranched alkanes of at least 4 members (excludes halogenated alkanes) is 5. The summed E-state index contributed by atoms with van der Waals surface area (Å²) in [5, 5.41) is 7.93. The Bertz CT molecular complexity index is 273. The topological polar surface area (TPSA) is 64.9 Å². The summed E-state index contributed by atoms with van der Waals surface area (Å²) in [7, 11) is 0. The van der Waals surface area contributed by atoms with E-state index in [4.69, 9.17) is 10.2 Å². The van der Waals surface area contributed by atoms with Crippen molar-refractivity contribution in [1.82, 2.24) is 10.2 Å². The second-order valence-electron chi connectivity index (χ2n) is 4.15. The fourth-order valence-electron chi connectivity index (χ4n) is 1.67. The molecule has 0 atom stereocenters. The Kier molecular flexibility index (Phi) is 6.81. The molecule has 0 aliphatic carbocycles. The van der Waals surface area contributed by atoms with Crippen molar-refractivity contribution >= 4 is 0 Å². The summed E-state index contributed by atoms with van der Waals surface area (Å²) in [6.07, 6.45) is 9.31. The highest BCUT2D eigenvalue weighted by Crippen LogP contribution is 2.09. The maximum Gasteiger partial charge on any atom is 0.217 e. The highest BCUT2D eigenvalue weighted by molar-refractivity contribution is 4.82. The van der Waals surface area contributed by atoms with Gasteiger partial charge < -0.3 is 10.2 Å². The summed E-state index contributed by atoms with van der Waals surface area (Å²) in [5.41, 5.74) is 5.41. The van der Waals surface area contributed by atoms with Crippen LogP contribution in [-0.4, -0.2) is 16.7 Å². The van der Waals surface area contributed by atoms with Gasteiger partial charge in [-0.15, -0.1) is 10.2 Å². The second kappa shape index (κ2) is 8.28. The average molecular weight is 225 g/mol. The molecule has 0 spiro atoms. The lowest BCUT2D eigenvalue weighted by Crippen LogP contribution is -2.02. The molecule has 2 N–H and O–H groups in total. The van der Waals surface area contributed by atoms with Crippen molar-refractivity contribution in [3.05, 3.63) is 11.8 Å². The molecule has 0 amide bonds. The zero-order chi connectivity index (χ0) is 11.6. The predicted octanol–water partition coefficient (Wildman–Crippen LogP) is 2.47. The van der Waals surface area contributed by atoms with Crippen molar-refractivity contribution in [1.29, 1.82) is 0 Å². The first-order valence-corrected chi connectivity index (χ1v) is 6.38. The van der Waals surface area contributed by atoms with Crippen LogP contribution in [0.15, 0.2) is 4.42 Å². The molecule has 0 unspecified atom stereocenters. The minimum absolute atomic E-state index is 0.568. The maximum absolute atomic E-state index is 5.45. The third-order valence-corrected chi connectivity index (χ3v) is 2.61. The van der Waals surface area contributed by atoms with Crippen LogP contribution in [0.5, 0.6) is 0 Å². The van der Waals surface area contributed by atoms with Crippen molar-refractivity contribution in [3.63, 3.8) is 0 Å². The maximum atomic E-state index is 5.45. The van der Waals surface area contributed by atoms with Crippen LogP contribution in [-0.2, 0) is 12.8 Å². The molecule has 16 heavy (non-hydrogen) atoms. The molecule has 1 aromatic heterocycles. The SMILES string of the molecule is CCCCCCCCc1nnc(CCN)o1. The van der Waals surface area contributed by atoms with Gasteiger partial charge >= 0.3 is 0 Å². The van der Waals surface area contributed by atoms with E-state index >= 15 is 0 Å². The normalized spacial score (nSPS) is 10.9. The van der Waals surface area contributed by atoms with Crippen LogP contribution in [0, 0.1) is 0 Å². The standard InChI is InChI=1S/C12H23N3O/c1-2-3-4-5-6-7-8-11-14-15-12(16-11)9-10-13/h2-10,13H2,1H3. The van der Waals surface area contributed by atoms with Gasteiger partial charge in [0.05, 0.1) is 0 Å². The lowest BCUT2D eigenvalue weighted by molar-refractivity contribution is 0.440. The third kappa shape index (κ3) is 5.26. The van der Waals surface area contributed by atoms with Crippen LogP contribution < -0.4 is 5.73 Å². The smallest absolute Gasteiger partial charge is 0.217 e. The lowest BCUT2D eigenvalue weighted by Gasteiger charge is -1.97. The Balaban J connectivity index is 2.07. The van der Waals surface area contributed by atoms with Gasteiger partial charge in [0.25, 0.3) is 0 Å². The van der Waals surface area contributed by atoms with Crippen molar-refractivity contribution in [2.75, 3.05) is 6.54 Å². The van der Waals surface area contributed by atoms with E-state index in [0.717, 1.165) is 18.7 Å². The lowest BCUT2D eigenvalue weighted by atomic mass is 10.1. The number of rotatable bonds is 9. The molecule has 0 aromatic carbocycles. The van der Waals surface area contributed by atoms with Crippen molar-refractivity contribution in [2.24, 2.45) is 5.73 Å². The third-order valence-electron chi connectivity index (χ3n) is 2.61. The number of hydrogen-bond acceptors (Lipinski definition) is 4. The van der Waals surface area contributed by atoms with Crippen LogP contribution in [0.1, 0.15) is 57.2 Å². The van der Waals surface area contributed by atoms with Crippen molar-refractivity contribution < 1.29 is 4.42 Å². The molecule has 0 radical (unpaired) electrons. The summed E-state index contributed by atoms with van der Waals surface area (Å²) in [5.74, 6) is 1.43. The highest BCUT2D eigenvalue weighted by Gasteiger charge is 2.04. The van der Waals surface area contributed by atoms with E-state index in [1.807, 2.05) is 0 Å². The van der Waals surface area contributed by atoms with E-state index in [9.17, 15) is 0 Å². The minimum Gasteiger partial charge on any atom is -0.425 e. The van der Waals surface area contributed by atoms with Gasteiger partial charge in [-0.05, 0) is 6.42 Å². The Labute approximate surface area is 97.6 Å². The van der Waals surface area contributed by atoms with Crippen molar-refractivity contribution in [2.45, 2.75) is 58.3 Å². The first kappa shape index (κ1) is 13.2. The summed E-state index contributed by atoms with van der Waals surface area (Å²) in [6, 6.07) is 0. The number of aromatic nitrogens is 2. The van der Waals surface area contributed by atoms with Gasteiger partial charge in [-0.1, -0.05) is 39.0 Å². The molecule has 1 aromatic rings. The van der Waals surface area contributed by atoms with Crippen LogP contribution in [0.25, 0.3) is 0 Å². The molecule has 0 saturated heterocycles. The molecule has 4 nitrogen and oxygen atoms in total. The van der Waals surface area contributed by atoms with Crippen LogP contribution in [0.3, 0.4) is 0 Å². The molecular formula is C12H23N3O. The van der Waals surface area contributed by atoms with E-state index in [0.29, 0.717) is 18.9 Å². The molecule has 0 saturated carbocycles. The zero-order valence-corrected chi connectivity index (χ0v) is 10.2. The van der Waals surface area contributed by atoms with Crippen LogP contribution >= 0.6 is 0 Å². The fraction of sp³-hybridized carbons (Fsp3) is 0.833. The van der Waals surface area contributed by atoms with Crippen molar-refractivity contribution in [3.8, 4) is 0 Å². The number of nitrogens with two attached hydrogens (primary N) is 1. The van der Waals surface area contributed by atoms with Gasteiger partial charge in [0.15, 0.2) is 0 Å². The summed E-state index contributed by atoms with van der Waals surface area (Å²) in [6.45, 7) is 2.80. The largest absolute Gasteiger partial charge is 0.425 e. The Hall–Kier alpha value is -0.900. The number of nitrogens with zero attached hydrogens (tertiary/aromatic N) is 2. The average Bonchev–Trinajstić information content (AvgIpc) is 2.72. The molecular weight excluding hydrogens is 202 g/mol. The number of aryl methyl sites for hydroxylation is 1. The van der Waals surface area contributed by atoms with E-state index < -0.39 is 0 Å². The minimum atomic E-state index is 0.568. The summed E-state index contributed by atoms with van der Waals surface area (Å²) < 4.78 is 5.45. The van der Waals surface area contributed by atoms with E-state index in [1.165, 1.54) is 32.1 Å². The second-order valence-corrected chi connectivity index (χ2v) is 4.15. The molecule has 92 valence electrons. The Morgan fingerprint density at radius 1 is 0.938 bits per heavy atom. The Morgan fingerprint density at radius 3 is 2.25 bits per heavy atom. The van der Waals surface area contributed by atoms with Gasteiger partial charge in [-0.25, -0.2) is 0 Å². The first-order valence-electron chi connectivity index (χ1n) is 6.38. The summed E-state index contributed by atoms with van der Waals surface area (Å²) >= 11 is 0. The summed E-state index contributed by atoms with van der Waals surface area (Å²) in [4.78, 5) is 0. The molecule has 0 fully saturated rings. The highest BCUT2D eigenvalue weighted by atomic mass is 16.4. The fourth-order valence-corrected chi connectivity index (χ4v) is 1.67. The van der Waals surface area contributed by atoms with Crippen LogP contribution in [0.2, 0.25) is 0 Å².